The van der Waals surface area contributed by atoms with Crippen molar-refractivity contribution in [1.29, 1.82) is 0 Å². The van der Waals surface area contributed by atoms with Gasteiger partial charge in [0, 0.05) is 19.8 Å². The molecule has 0 bridgehead atoms. The Bertz CT molecular complexity index is 406. The molecule has 2 heterocycles. The molecule has 0 spiro atoms. The lowest BCUT2D eigenvalue weighted by molar-refractivity contribution is 0.0191. The van der Waals surface area contributed by atoms with Gasteiger partial charge in [-0.3, -0.25) is 0 Å². The fraction of sp³-hybridized carbons (Fsp3) is 0.615. The lowest BCUT2D eigenvalue weighted by Gasteiger charge is -2.36. The van der Waals surface area contributed by atoms with Crippen molar-refractivity contribution < 1.29 is 13.5 Å². The first-order valence-corrected chi connectivity index (χ1v) is 6.29. The minimum atomic E-state index is -0.670. The second kappa shape index (κ2) is 5.61. The summed E-state index contributed by atoms with van der Waals surface area (Å²) in [6, 6.07) is 2.11. The quantitative estimate of drug-likeness (QED) is 0.841. The Balaban J connectivity index is 2.03. The Hall–Kier alpha value is -1.23. The zero-order valence-electron chi connectivity index (χ0n) is 10.5. The maximum Gasteiger partial charge on any atom is 0.214 e. The molecule has 1 aromatic heterocycles. The van der Waals surface area contributed by atoms with Crippen LogP contribution in [-0.2, 0) is 4.74 Å². The smallest absolute Gasteiger partial charge is 0.214 e. The highest BCUT2D eigenvalue weighted by atomic mass is 19.1. The molecule has 18 heavy (non-hydrogen) atoms. The number of nitrogens with zero attached hydrogens (tertiary/aromatic N) is 1. The van der Waals surface area contributed by atoms with Gasteiger partial charge < -0.3 is 10.1 Å². The first-order chi connectivity index (χ1) is 8.65. The Kier molecular flexibility index (Phi) is 4.11. The van der Waals surface area contributed by atoms with Crippen LogP contribution in [-0.4, -0.2) is 24.7 Å². The van der Waals surface area contributed by atoms with Gasteiger partial charge in [0.15, 0.2) is 11.6 Å². The third-order valence-electron chi connectivity index (χ3n) is 3.75. The van der Waals surface area contributed by atoms with E-state index in [1.54, 1.807) is 0 Å². The fourth-order valence-electron chi connectivity index (χ4n) is 2.27. The molecule has 100 valence electrons. The van der Waals surface area contributed by atoms with Crippen molar-refractivity contribution in [3.05, 3.63) is 23.9 Å². The van der Waals surface area contributed by atoms with Gasteiger partial charge in [0.25, 0.3) is 0 Å². The summed E-state index contributed by atoms with van der Waals surface area (Å²) in [7, 11) is 0. The van der Waals surface area contributed by atoms with Gasteiger partial charge in [-0.1, -0.05) is 6.92 Å². The van der Waals surface area contributed by atoms with Crippen molar-refractivity contribution in [3.8, 4) is 0 Å². The molecule has 0 radical (unpaired) electrons. The van der Waals surface area contributed by atoms with E-state index in [0.717, 1.165) is 44.6 Å². The van der Waals surface area contributed by atoms with E-state index >= 15 is 0 Å². The number of aromatic nitrogens is 1. The summed E-state index contributed by atoms with van der Waals surface area (Å²) in [5, 5.41) is 2.93. The first-order valence-electron chi connectivity index (χ1n) is 6.29. The van der Waals surface area contributed by atoms with Crippen molar-refractivity contribution in [2.24, 2.45) is 5.41 Å². The van der Waals surface area contributed by atoms with E-state index in [1.165, 1.54) is 0 Å². The summed E-state index contributed by atoms with van der Waals surface area (Å²) >= 11 is 0. The molecule has 0 saturated carbocycles. The van der Waals surface area contributed by atoms with Gasteiger partial charge in [0.05, 0.1) is 0 Å². The third kappa shape index (κ3) is 2.96. The van der Waals surface area contributed by atoms with Crippen LogP contribution in [0.25, 0.3) is 0 Å². The van der Waals surface area contributed by atoms with Crippen LogP contribution >= 0.6 is 0 Å². The maximum absolute atomic E-state index is 13.4. The van der Waals surface area contributed by atoms with Crippen molar-refractivity contribution in [2.45, 2.75) is 26.2 Å². The number of anilines is 1. The highest BCUT2D eigenvalue weighted by molar-refractivity contribution is 5.36. The van der Waals surface area contributed by atoms with Crippen LogP contribution in [0.4, 0.5) is 14.6 Å². The Morgan fingerprint density at radius 1 is 1.33 bits per heavy atom. The largest absolute Gasteiger partial charge is 0.381 e. The van der Waals surface area contributed by atoms with Gasteiger partial charge >= 0.3 is 0 Å². The number of hydrogen-bond donors (Lipinski definition) is 1. The fourth-order valence-corrected chi connectivity index (χ4v) is 2.27. The number of hydrogen-bond acceptors (Lipinski definition) is 3. The van der Waals surface area contributed by atoms with Crippen LogP contribution in [0.2, 0.25) is 0 Å². The second-order valence-corrected chi connectivity index (χ2v) is 4.78. The molecule has 0 atom stereocenters. The zero-order valence-corrected chi connectivity index (χ0v) is 10.5. The molecule has 0 aliphatic carbocycles. The SMILES string of the molecule is CCC1(CNc2nc(F)ccc2F)CCOCC1. The van der Waals surface area contributed by atoms with Gasteiger partial charge in [0.1, 0.15) is 0 Å². The maximum atomic E-state index is 13.4. The Labute approximate surface area is 106 Å². The van der Waals surface area contributed by atoms with Crippen LogP contribution in [0.1, 0.15) is 26.2 Å². The predicted molar refractivity (Wildman–Crippen MR) is 65.4 cm³/mol. The van der Waals surface area contributed by atoms with E-state index in [4.69, 9.17) is 4.74 Å². The van der Waals surface area contributed by atoms with Crippen molar-refractivity contribution in [1.82, 2.24) is 4.98 Å². The highest BCUT2D eigenvalue weighted by Gasteiger charge is 2.30. The van der Waals surface area contributed by atoms with E-state index in [9.17, 15) is 8.78 Å². The minimum absolute atomic E-state index is 0.00526. The zero-order chi connectivity index (χ0) is 13.0. The molecule has 1 saturated heterocycles. The molecule has 1 fully saturated rings. The van der Waals surface area contributed by atoms with Gasteiger partial charge in [-0.2, -0.15) is 9.37 Å². The molecule has 2 rings (SSSR count). The molecule has 1 N–H and O–H groups in total. The van der Waals surface area contributed by atoms with E-state index < -0.39 is 11.8 Å². The molecule has 0 unspecified atom stereocenters. The van der Waals surface area contributed by atoms with Gasteiger partial charge in [-0.25, -0.2) is 4.39 Å². The number of nitrogens with one attached hydrogen (secondary N) is 1. The monoisotopic (exact) mass is 256 g/mol. The van der Waals surface area contributed by atoms with E-state index in [-0.39, 0.29) is 11.2 Å². The molecule has 1 aromatic rings. The van der Waals surface area contributed by atoms with E-state index in [0.29, 0.717) is 6.54 Å². The van der Waals surface area contributed by atoms with Crippen LogP contribution in [0.3, 0.4) is 0 Å². The number of halogens is 2. The van der Waals surface area contributed by atoms with E-state index in [1.807, 2.05) is 0 Å². The summed E-state index contributed by atoms with van der Waals surface area (Å²) in [4.78, 5) is 3.54. The molecular weight excluding hydrogens is 238 g/mol. The van der Waals surface area contributed by atoms with Gasteiger partial charge in [0.2, 0.25) is 5.95 Å². The second-order valence-electron chi connectivity index (χ2n) is 4.78. The molecular formula is C13H18F2N2O. The summed E-state index contributed by atoms with van der Waals surface area (Å²) in [5.41, 5.74) is 0.0959. The number of rotatable bonds is 4. The normalized spacial score (nSPS) is 18.6. The lowest BCUT2D eigenvalue weighted by atomic mass is 9.78. The van der Waals surface area contributed by atoms with Crippen LogP contribution in [0, 0.1) is 17.2 Å². The van der Waals surface area contributed by atoms with Crippen LogP contribution in [0.15, 0.2) is 12.1 Å². The molecule has 3 nitrogen and oxygen atoms in total. The predicted octanol–water partition coefficient (Wildman–Crippen LogP) is 2.98. The molecule has 1 aliphatic heterocycles. The molecule has 1 aliphatic rings. The minimum Gasteiger partial charge on any atom is -0.381 e. The average Bonchev–Trinajstić information content (AvgIpc) is 2.41. The average molecular weight is 256 g/mol. The Morgan fingerprint density at radius 2 is 2.06 bits per heavy atom. The van der Waals surface area contributed by atoms with Gasteiger partial charge in [-0.15, -0.1) is 0 Å². The van der Waals surface area contributed by atoms with Crippen LogP contribution in [0.5, 0.6) is 0 Å². The number of pyridine rings is 1. The van der Waals surface area contributed by atoms with Crippen molar-refractivity contribution >= 4 is 5.82 Å². The van der Waals surface area contributed by atoms with Crippen molar-refractivity contribution in [3.63, 3.8) is 0 Å². The summed E-state index contributed by atoms with van der Waals surface area (Å²) in [6.07, 6.45) is 2.86. The summed E-state index contributed by atoms with van der Waals surface area (Å²) in [6.45, 7) is 4.17. The summed E-state index contributed by atoms with van der Waals surface area (Å²) in [5.74, 6) is -1.19. The number of ether oxygens (including phenoxy) is 1. The molecule has 0 amide bonds. The Morgan fingerprint density at radius 3 is 2.72 bits per heavy atom. The lowest BCUT2D eigenvalue weighted by Crippen LogP contribution is -2.35. The molecule has 0 aromatic carbocycles. The first kappa shape index (κ1) is 13.2. The van der Waals surface area contributed by atoms with E-state index in [2.05, 4.69) is 17.2 Å². The van der Waals surface area contributed by atoms with Crippen molar-refractivity contribution in [2.75, 3.05) is 25.1 Å². The standard InChI is InChI=1S/C13H18F2N2O/c1-2-13(5-7-18-8-6-13)9-16-12-10(14)3-4-11(15)17-12/h3-4H,2,5-9H2,1H3,(H,16,17). The third-order valence-corrected chi connectivity index (χ3v) is 3.75. The highest BCUT2D eigenvalue weighted by Crippen LogP contribution is 2.34. The topological polar surface area (TPSA) is 34.2 Å². The molecule has 5 heteroatoms. The van der Waals surface area contributed by atoms with Gasteiger partial charge in [-0.05, 0) is 36.8 Å². The summed E-state index contributed by atoms with van der Waals surface area (Å²) < 4.78 is 31.7. The van der Waals surface area contributed by atoms with Crippen LogP contribution < -0.4 is 5.32 Å².